The lowest BCUT2D eigenvalue weighted by atomic mass is 10.2. The Hall–Kier alpha value is -1.46. The number of anilines is 1. The summed E-state index contributed by atoms with van der Waals surface area (Å²) in [5.74, 6) is 1.33. The lowest BCUT2D eigenvalue weighted by molar-refractivity contribution is 0.239. The molecule has 3 rings (SSSR count). The Morgan fingerprint density at radius 3 is 2.80 bits per heavy atom. The summed E-state index contributed by atoms with van der Waals surface area (Å²) in [5, 5.41) is 0. The van der Waals surface area contributed by atoms with Crippen molar-refractivity contribution in [3.63, 3.8) is 0 Å². The molecule has 1 saturated carbocycles. The topological polar surface area (TPSA) is 55.0 Å². The van der Waals surface area contributed by atoms with Gasteiger partial charge in [-0.3, -0.25) is 4.90 Å². The van der Waals surface area contributed by atoms with Gasteiger partial charge in [-0.25, -0.2) is 9.97 Å². The maximum Gasteiger partial charge on any atom is 0.144 e. The zero-order valence-corrected chi connectivity index (χ0v) is 12.8. The normalized spacial score (nSPS) is 14.7. The molecule has 1 aliphatic carbocycles. The maximum atomic E-state index is 5.72. The van der Waals surface area contributed by atoms with Crippen molar-refractivity contribution in [2.75, 3.05) is 5.73 Å². The molecule has 0 atom stereocenters. The van der Waals surface area contributed by atoms with E-state index in [0.29, 0.717) is 11.9 Å². The van der Waals surface area contributed by atoms with Gasteiger partial charge < -0.3 is 5.73 Å². The van der Waals surface area contributed by atoms with Gasteiger partial charge in [0, 0.05) is 23.3 Å². The Morgan fingerprint density at radius 1 is 1.25 bits per heavy atom. The SMILES string of the molecule is Nc1ccnc(CN(Cc2cccc(Br)c2)C2CC2)n1. The third-order valence-electron chi connectivity index (χ3n) is 3.41. The fourth-order valence-electron chi connectivity index (χ4n) is 2.30. The van der Waals surface area contributed by atoms with E-state index in [2.05, 4.69) is 49.0 Å². The van der Waals surface area contributed by atoms with Crippen LogP contribution in [0.1, 0.15) is 24.2 Å². The molecule has 1 aliphatic rings. The lowest BCUT2D eigenvalue weighted by Crippen LogP contribution is -2.26. The fraction of sp³-hybridized carbons (Fsp3) is 0.333. The fourth-order valence-corrected chi connectivity index (χ4v) is 2.74. The number of aromatic nitrogens is 2. The molecule has 0 unspecified atom stereocenters. The summed E-state index contributed by atoms with van der Waals surface area (Å²) in [6, 6.07) is 10.8. The molecule has 4 nitrogen and oxygen atoms in total. The van der Waals surface area contributed by atoms with Gasteiger partial charge in [-0.05, 0) is 36.6 Å². The first-order valence-electron chi connectivity index (χ1n) is 6.76. The molecule has 0 saturated heterocycles. The highest BCUT2D eigenvalue weighted by Crippen LogP contribution is 2.29. The summed E-state index contributed by atoms with van der Waals surface area (Å²) in [4.78, 5) is 11.0. The van der Waals surface area contributed by atoms with E-state index in [1.54, 1.807) is 12.3 Å². The van der Waals surface area contributed by atoms with Crippen molar-refractivity contribution in [1.29, 1.82) is 0 Å². The number of hydrogen-bond donors (Lipinski definition) is 1. The molecule has 0 bridgehead atoms. The van der Waals surface area contributed by atoms with Crippen LogP contribution in [0.5, 0.6) is 0 Å². The average molecular weight is 333 g/mol. The van der Waals surface area contributed by atoms with Crippen LogP contribution in [0.4, 0.5) is 5.82 Å². The monoisotopic (exact) mass is 332 g/mol. The molecular weight excluding hydrogens is 316 g/mol. The standard InChI is InChI=1S/C15H17BrN4/c16-12-3-1-2-11(8-12)9-20(13-4-5-13)10-15-18-7-6-14(17)19-15/h1-3,6-8,13H,4-5,9-10H2,(H2,17,18,19). The van der Waals surface area contributed by atoms with Crippen LogP contribution in [0.25, 0.3) is 0 Å². The zero-order chi connectivity index (χ0) is 13.9. The van der Waals surface area contributed by atoms with Crippen molar-refractivity contribution in [3.8, 4) is 0 Å². The minimum absolute atomic E-state index is 0.535. The minimum atomic E-state index is 0.535. The number of hydrogen-bond acceptors (Lipinski definition) is 4. The highest BCUT2D eigenvalue weighted by molar-refractivity contribution is 9.10. The van der Waals surface area contributed by atoms with Gasteiger partial charge in [-0.15, -0.1) is 0 Å². The second-order valence-electron chi connectivity index (χ2n) is 5.16. The van der Waals surface area contributed by atoms with Crippen LogP contribution in [0.15, 0.2) is 41.0 Å². The summed E-state index contributed by atoms with van der Waals surface area (Å²) < 4.78 is 1.12. The van der Waals surface area contributed by atoms with E-state index < -0.39 is 0 Å². The van der Waals surface area contributed by atoms with Gasteiger partial charge in [0.05, 0.1) is 6.54 Å². The molecule has 1 fully saturated rings. The summed E-state index contributed by atoms with van der Waals surface area (Å²) in [6.07, 6.45) is 4.24. The largest absolute Gasteiger partial charge is 0.384 e. The van der Waals surface area contributed by atoms with Crippen molar-refractivity contribution in [2.45, 2.75) is 32.0 Å². The van der Waals surface area contributed by atoms with Gasteiger partial charge in [0.15, 0.2) is 0 Å². The molecule has 20 heavy (non-hydrogen) atoms. The first-order chi connectivity index (χ1) is 9.70. The molecule has 0 spiro atoms. The Balaban J connectivity index is 1.73. The van der Waals surface area contributed by atoms with E-state index in [9.17, 15) is 0 Å². The van der Waals surface area contributed by atoms with Crippen LogP contribution in [-0.4, -0.2) is 20.9 Å². The molecule has 104 valence electrons. The summed E-state index contributed by atoms with van der Waals surface area (Å²) >= 11 is 3.52. The lowest BCUT2D eigenvalue weighted by Gasteiger charge is -2.21. The van der Waals surface area contributed by atoms with Crippen molar-refractivity contribution in [1.82, 2.24) is 14.9 Å². The van der Waals surface area contributed by atoms with E-state index in [-0.39, 0.29) is 0 Å². The Kier molecular flexibility index (Phi) is 3.98. The van der Waals surface area contributed by atoms with Crippen LogP contribution >= 0.6 is 15.9 Å². The number of nitrogen functional groups attached to an aromatic ring is 1. The van der Waals surface area contributed by atoms with Crippen LogP contribution in [-0.2, 0) is 13.1 Å². The summed E-state index contributed by atoms with van der Waals surface area (Å²) in [6.45, 7) is 1.67. The Labute approximate surface area is 127 Å². The summed E-state index contributed by atoms with van der Waals surface area (Å²) in [5.41, 5.74) is 7.02. The highest BCUT2D eigenvalue weighted by Gasteiger charge is 2.29. The van der Waals surface area contributed by atoms with Gasteiger partial charge >= 0.3 is 0 Å². The number of nitrogens with two attached hydrogens (primary N) is 1. The van der Waals surface area contributed by atoms with Crippen molar-refractivity contribution in [2.24, 2.45) is 0 Å². The van der Waals surface area contributed by atoms with Gasteiger partial charge in [-0.1, -0.05) is 28.1 Å². The number of benzene rings is 1. The molecule has 0 amide bonds. The predicted octanol–water partition coefficient (Wildman–Crippen LogP) is 2.99. The molecule has 0 radical (unpaired) electrons. The van der Waals surface area contributed by atoms with Crippen LogP contribution in [0, 0.1) is 0 Å². The molecule has 1 aromatic heterocycles. The van der Waals surface area contributed by atoms with E-state index >= 15 is 0 Å². The van der Waals surface area contributed by atoms with Crippen molar-refractivity contribution < 1.29 is 0 Å². The Bertz CT molecular complexity index is 550. The highest BCUT2D eigenvalue weighted by atomic mass is 79.9. The van der Waals surface area contributed by atoms with E-state index in [1.165, 1.54) is 18.4 Å². The second-order valence-corrected chi connectivity index (χ2v) is 6.08. The number of halogens is 1. The van der Waals surface area contributed by atoms with Gasteiger partial charge in [0.25, 0.3) is 0 Å². The second kappa shape index (κ2) is 5.89. The minimum Gasteiger partial charge on any atom is -0.384 e. The van der Waals surface area contributed by atoms with Crippen LogP contribution in [0.3, 0.4) is 0 Å². The molecule has 2 N–H and O–H groups in total. The first-order valence-corrected chi connectivity index (χ1v) is 7.56. The Morgan fingerprint density at radius 2 is 2.10 bits per heavy atom. The zero-order valence-electron chi connectivity index (χ0n) is 11.2. The van der Waals surface area contributed by atoms with Crippen LogP contribution < -0.4 is 5.73 Å². The molecule has 1 aromatic carbocycles. The number of nitrogens with zero attached hydrogens (tertiary/aromatic N) is 3. The van der Waals surface area contributed by atoms with Gasteiger partial charge in [-0.2, -0.15) is 0 Å². The van der Waals surface area contributed by atoms with E-state index in [0.717, 1.165) is 23.4 Å². The van der Waals surface area contributed by atoms with E-state index in [4.69, 9.17) is 5.73 Å². The number of rotatable bonds is 5. The molecular formula is C15H17BrN4. The predicted molar refractivity (Wildman–Crippen MR) is 82.9 cm³/mol. The van der Waals surface area contributed by atoms with Crippen molar-refractivity contribution in [3.05, 3.63) is 52.4 Å². The summed E-state index contributed by atoms with van der Waals surface area (Å²) in [7, 11) is 0. The van der Waals surface area contributed by atoms with Gasteiger partial charge in [0.1, 0.15) is 11.6 Å². The molecule has 0 aliphatic heterocycles. The van der Waals surface area contributed by atoms with Crippen molar-refractivity contribution >= 4 is 21.7 Å². The average Bonchev–Trinajstić information content (AvgIpc) is 3.22. The van der Waals surface area contributed by atoms with E-state index in [1.807, 2.05) is 6.07 Å². The molecule has 1 heterocycles. The molecule has 2 aromatic rings. The third-order valence-corrected chi connectivity index (χ3v) is 3.90. The maximum absolute atomic E-state index is 5.72. The molecule has 5 heteroatoms. The van der Waals surface area contributed by atoms with Gasteiger partial charge in [0.2, 0.25) is 0 Å². The third kappa shape index (κ3) is 3.55. The quantitative estimate of drug-likeness (QED) is 0.914. The smallest absolute Gasteiger partial charge is 0.144 e. The van der Waals surface area contributed by atoms with Crippen LogP contribution in [0.2, 0.25) is 0 Å². The first kappa shape index (κ1) is 13.5.